The SMILES string of the molecule is CN[C@]12OC[C@H](OC(=O)c3ccccc3)[C@H]1OC[C@@]2(C)O. The largest absolute Gasteiger partial charge is 0.453 e. The van der Waals surface area contributed by atoms with Crippen LogP contribution >= 0.6 is 0 Å². The van der Waals surface area contributed by atoms with Crippen molar-refractivity contribution in [2.45, 2.75) is 30.5 Å². The van der Waals surface area contributed by atoms with Crippen molar-refractivity contribution in [3.63, 3.8) is 0 Å². The monoisotopic (exact) mass is 293 g/mol. The van der Waals surface area contributed by atoms with E-state index < -0.39 is 29.5 Å². The molecule has 2 fully saturated rings. The van der Waals surface area contributed by atoms with Crippen molar-refractivity contribution in [3.8, 4) is 0 Å². The van der Waals surface area contributed by atoms with E-state index in [2.05, 4.69) is 5.32 Å². The summed E-state index contributed by atoms with van der Waals surface area (Å²) < 4.78 is 16.8. The molecule has 1 aromatic carbocycles. The second-order valence-corrected chi connectivity index (χ2v) is 5.61. The summed E-state index contributed by atoms with van der Waals surface area (Å²) in [6.07, 6.45) is -1.09. The molecule has 0 amide bonds. The van der Waals surface area contributed by atoms with E-state index in [9.17, 15) is 9.90 Å². The fraction of sp³-hybridized carbons (Fsp3) is 0.533. The minimum atomic E-state index is -1.18. The number of hydrogen-bond acceptors (Lipinski definition) is 6. The van der Waals surface area contributed by atoms with Crippen LogP contribution in [-0.2, 0) is 14.2 Å². The molecule has 2 aliphatic rings. The molecule has 0 spiro atoms. The molecule has 6 heteroatoms. The summed E-state index contributed by atoms with van der Waals surface area (Å²) in [4.78, 5) is 12.1. The molecular weight excluding hydrogens is 274 g/mol. The zero-order chi connectivity index (χ0) is 15.1. The minimum Gasteiger partial charge on any atom is -0.453 e. The number of aliphatic hydroxyl groups is 1. The molecule has 0 saturated carbocycles. The topological polar surface area (TPSA) is 77.0 Å². The fourth-order valence-electron chi connectivity index (χ4n) is 3.05. The summed E-state index contributed by atoms with van der Waals surface area (Å²) in [5, 5.41) is 13.4. The minimum absolute atomic E-state index is 0.123. The molecule has 0 radical (unpaired) electrons. The molecule has 2 saturated heterocycles. The molecule has 2 N–H and O–H groups in total. The van der Waals surface area contributed by atoms with Gasteiger partial charge in [0.1, 0.15) is 11.7 Å². The third-order valence-corrected chi connectivity index (χ3v) is 4.20. The van der Waals surface area contributed by atoms with Gasteiger partial charge < -0.3 is 19.3 Å². The van der Waals surface area contributed by atoms with Crippen LogP contribution in [-0.4, -0.2) is 54.9 Å². The number of esters is 1. The van der Waals surface area contributed by atoms with E-state index in [0.29, 0.717) is 5.56 Å². The Morgan fingerprint density at radius 2 is 2.14 bits per heavy atom. The molecular formula is C15H19NO5. The van der Waals surface area contributed by atoms with Gasteiger partial charge in [-0.1, -0.05) is 18.2 Å². The lowest BCUT2D eigenvalue weighted by molar-refractivity contribution is -0.145. The fourth-order valence-corrected chi connectivity index (χ4v) is 3.05. The summed E-state index contributed by atoms with van der Waals surface area (Å²) in [5.41, 5.74) is -1.75. The van der Waals surface area contributed by atoms with Gasteiger partial charge in [0.15, 0.2) is 11.8 Å². The van der Waals surface area contributed by atoms with E-state index in [-0.39, 0.29) is 13.2 Å². The maximum atomic E-state index is 12.1. The van der Waals surface area contributed by atoms with Crippen LogP contribution in [0.3, 0.4) is 0 Å². The second kappa shape index (κ2) is 5.06. The Bertz CT molecular complexity index is 532. The van der Waals surface area contributed by atoms with Crippen LogP contribution in [0.2, 0.25) is 0 Å². The molecule has 0 unspecified atom stereocenters. The summed E-state index contributed by atoms with van der Waals surface area (Å²) in [6.45, 7) is 1.95. The van der Waals surface area contributed by atoms with Gasteiger partial charge in [-0.25, -0.2) is 4.79 Å². The van der Waals surface area contributed by atoms with E-state index >= 15 is 0 Å². The quantitative estimate of drug-likeness (QED) is 0.781. The number of likely N-dealkylation sites (N-methyl/N-ethyl adjacent to an activating group) is 1. The maximum Gasteiger partial charge on any atom is 0.338 e. The molecule has 21 heavy (non-hydrogen) atoms. The summed E-state index contributed by atoms with van der Waals surface area (Å²) >= 11 is 0. The van der Waals surface area contributed by atoms with E-state index in [1.807, 2.05) is 6.07 Å². The molecule has 4 atom stereocenters. The van der Waals surface area contributed by atoms with E-state index in [1.165, 1.54) is 0 Å². The van der Waals surface area contributed by atoms with Crippen molar-refractivity contribution in [3.05, 3.63) is 35.9 Å². The van der Waals surface area contributed by atoms with Crippen LogP contribution in [0.15, 0.2) is 30.3 Å². The number of fused-ring (bicyclic) bond motifs is 1. The Morgan fingerprint density at radius 1 is 1.43 bits per heavy atom. The average molecular weight is 293 g/mol. The van der Waals surface area contributed by atoms with Gasteiger partial charge >= 0.3 is 5.97 Å². The van der Waals surface area contributed by atoms with Crippen molar-refractivity contribution in [1.82, 2.24) is 5.32 Å². The number of hydrogen-bond donors (Lipinski definition) is 2. The van der Waals surface area contributed by atoms with Gasteiger partial charge in [-0.2, -0.15) is 0 Å². The van der Waals surface area contributed by atoms with E-state index in [0.717, 1.165) is 0 Å². The first-order valence-electron chi connectivity index (χ1n) is 6.93. The Morgan fingerprint density at radius 3 is 2.81 bits per heavy atom. The molecule has 114 valence electrons. The normalized spacial score (nSPS) is 38.2. The highest BCUT2D eigenvalue weighted by Gasteiger charge is 2.66. The lowest BCUT2D eigenvalue weighted by atomic mass is 9.91. The summed E-state index contributed by atoms with van der Waals surface area (Å²) in [7, 11) is 1.69. The van der Waals surface area contributed by atoms with Crippen LogP contribution in [0.5, 0.6) is 0 Å². The van der Waals surface area contributed by atoms with Crippen LogP contribution in [0.1, 0.15) is 17.3 Å². The number of carbonyl (C=O) groups excluding carboxylic acids is 1. The number of benzene rings is 1. The van der Waals surface area contributed by atoms with Gasteiger partial charge in [-0.15, -0.1) is 0 Å². The van der Waals surface area contributed by atoms with Gasteiger partial charge in [-0.3, -0.25) is 5.32 Å². The third-order valence-electron chi connectivity index (χ3n) is 4.20. The Labute approximate surface area is 123 Å². The third kappa shape index (κ3) is 2.15. The molecule has 0 aromatic heterocycles. The van der Waals surface area contributed by atoms with Gasteiger partial charge in [-0.05, 0) is 26.1 Å². The lowest BCUT2D eigenvalue weighted by Crippen LogP contribution is -2.63. The summed E-state index contributed by atoms with van der Waals surface area (Å²) in [5.74, 6) is -0.425. The molecule has 0 bridgehead atoms. The smallest absolute Gasteiger partial charge is 0.338 e. The predicted molar refractivity (Wildman–Crippen MR) is 73.8 cm³/mol. The summed E-state index contributed by atoms with van der Waals surface area (Å²) in [6, 6.07) is 8.76. The lowest BCUT2D eigenvalue weighted by Gasteiger charge is -2.36. The van der Waals surface area contributed by atoms with Crippen LogP contribution in [0.25, 0.3) is 0 Å². The molecule has 2 heterocycles. The highest BCUT2D eigenvalue weighted by atomic mass is 16.7. The van der Waals surface area contributed by atoms with E-state index in [1.54, 1.807) is 38.2 Å². The number of carbonyl (C=O) groups is 1. The van der Waals surface area contributed by atoms with Crippen molar-refractivity contribution >= 4 is 5.97 Å². The van der Waals surface area contributed by atoms with Crippen LogP contribution in [0.4, 0.5) is 0 Å². The number of rotatable bonds is 3. The van der Waals surface area contributed by atoms with Crippen molar-refractivity contribution in [2.75, 3.05) is 20.3 Å². The van der Waals surface area contributed by atoms with Gasteiger partial charge in [0.05, 0.1) is 18.8 Å². The maximum absolute atomic E-state index is 12.1. The Hall–Kier alpha value is -1.47. The average Bonchev–Trinajstić information content (AvgIpc) is 2.97. The van der Waals surface area contributed by atoms with Gasteiger partial charge in [0, 0.05) is 0 Å². The van der Waals surface area contributed by atoms with Crippen LogP contribution < -0.4 is 5.32 Å². The Balaban J connectivity index is 1.76. The van der Waals surface area contributed by atoms with Crippen molar-refractivity contribution in [2.24, 2.45) is 0 Å². The predicted octanol–water partition coefficient (Wildman–Crippen LogP) is 0.308. The van der Waals surface area contributed by atoms with Crippen LogP contribution in [0, 0.1) is 0 Å². The highest BCUT2D eigenvalue weighted by Crippen LogP contribution is 2.42. The zero-order valence-electron chi connectivity index (χ0n) is 12.0. The molecule has 2 aliphatic heterocycles. The van der Waals surface area contributed by atoms with Gasteiger partial charge in [0.2, 0.25) is 0 Å². The Kier molecular flexibility index (Phi) is 3.49. The molecule has 3 rings (SSSR count). The number of ether oxygens (including phenoxy) is 3. The molecule has 6 nitrogen and oxygen atoms in total. The first kappa shape index (κ1) is 14.5. The van der Waals surface area contributed by atoms with Crippen molar-refractivity contribution < 1.29 is 24.1 Å². The standard InChI is InChI=1S/C15H19NO5/c1-14(18)9-19-12-11(8-20-15(12,14)16-2)21-13(17)10-6-4-3-5-7-10/h3-7,11-12,16,18H,8-9H2,1-2H3/t11-,12+,14+,15-/m0/s1. The van der Waals surface area contributed by atoms with E-state index in [4.69, 9.17) is 14.2 Å². The number of nitrogens with one attached hydrogen (secondary N) is 1. The molecule has 1 aromatic rings. The second-order valence-electron chi connectivity index (χ2n) is 5.61. The van der Waals surface area contributed by atoms with Gasteiger partial charge in [0.25, 0.3) is 0 Å². The zero-order valence-corrected chi connectivity index (χ0v) is 12.0. The molecule has 0 aliphatic carbocycles. The highest BCUT2D eigenvalue weighted by molar-refractivity contribution is 5.89. The first-order valence-corrected chi connectivity index (χ1v) is 6.93. The van der Waals surface area contributed by atoms with Crippen molar-refractivity contribution in [1.29, 1.82) is 0 Å². The first-order chi connectivity index (χ1) is 10.00.